The van der Waals surface area contributed by atoms with Gasteiger partial charge in [0, 0.05) is 31.6 Å². The highest BCUT2D eigenvalue weighted by Gasteiger charge is 2.53. The minimum Gasteiger partial charge on any atom is -0.459 e. The predicted molar refractivity (Wildman–Crippen MR) is 183 cm³/mol. The van der Waals surface area contributed by atoms with Gasteiger partial charge in [0.15, 0.2) is 18.2 Å². The molecule has 0 saturated carbocycles. The number of aliphatic hydroxyl groups excluding tert-OH is 1. The molecule has 0 radical (unpaired) electrons. The van der Waals surface area contributed by atoms with E-state index in [1.807, 2.05) is 32.8 Å². The van der Waals surface area contributed by atoms with Crippen molar-refractivity contribution >= 4 is 29.4 Å². The van der Waals surface area contributed by atoms with Crippen molar-refractivity contribution < 1.29 is 62.6 Å². The van der Waals surface area contributed by atoms with E-state index in [0.717, 1.165) is 0 Å². The molecule has 15 nitrogen and oxygen atoms in total. The number of hydrogen-bond acceptors (Lipinski definition) is 15. The standard InChI is InChI=1S/C36H60N2O13/c1-13-27-36(10,44)31(42)20(4)28(37-51-24(8)40)18(2)15-35(9)32(21(5)29(22(6)33(43)49-27)45-16-25(41)17-46-35)50-34-30(48-23(7)39)26(38(11)12)14-19(3)47-34/h18-22,26-27,29-32,34,42,44H,13-17H2,1-12H3/b37-28+/t18-,19-,20+,21+,22-,26+,27-,29+,30-,31-,32-,34+,35-,36-/m1/s1. The number of cyclic esters (lactones) is 1. The van der Waals surface area contributed by atoms with Crippen LogP contribution in [0.15, 0.2) is 5.16 Å². The van der Waals surface area contributed by atoms with Gasteiger partial charge in [-0.15, -0.1) is 0 Å². The zero-order chi connectivity index (χ0) is 38.6. The Labute approximate surface area is 301 Å². The Hall–Kier alpha value is -2.53. The monoisotopic (exact) mass is 728 g/mol. The number of rotatable bonds is 6. The third-order valence-electron chi connectivity index (χ3n) is 10.6. The van der Waals surface area contributed by atoms with Gasteiger partial charge in [-0.05, 0) is 61.1 Å². The van der Waals surface area contributed by atoms with Crippen LogP contribution in [-0.2, 0) is 52.4 Å². The molecule has 0 unspecified atom stereocenters. The summed E-state index contributed by atoms with van der Waals surface area (Å²) in [6.45, 7) is 15.4. The van der Waals surface area contributed by atoms with Crippen molar-refractivity contribution in [2.75, 3.05) is 27.3 Å². The molecule has 0 aromatic rings. The average molecular weight is 729 g/mol. The molecule has 0 aromatic carbocycles. The van der Waals surface area contributed by atoms with Crippen molar-refractivity contribution in [3.05, 3.63) is 0 Å². The number of esters is 2. The fourth-order valence-corrected chi connectivity index (χ4v) is 7.89. The summed E-state index contributed by atoms with van der Waals surface area (Å²) < 4.78 is 37.7. The first kappa shape index (κ1) is 42.9. The van der Waals surface area contributed by atoms with E-state index in [-0.39, 0.29) is 49.7 Å². The van der Waals surface area contributed by atoms with E-state index in [9.17, 15) is 29.4 Å². The summed E-state index contributed by atoms with van der Waals surface area (Å²) in [5.74, 6) is -5.52. The Balaban J connectivity index is 2.29. The molecule has 14 atom stereocenters. The van der Waals surface area contributed by atoms with Crippen molar-refractivity contribution in [3.8, 4) is 0 Å². The van der Waals surface area contributed by atoms with Gasteiger partial charge in [-0.3, -0.25) is 14.4 Å². The number of likely N-dealkylation sites (N-methyl/N-ethyl adjacent to an activating group) is 1. The van der Waals surface area contributed by atoms with Gasteiger partial charge >= 0.3 is 17.9 Å². The van der Waals surface area contributed by atoms with E-state index < -0.39 is 89.6 Å². The predicted octanol–water partition coefficient (Wildman–Crippen LogP) is 2.41. The highest BCUT2D eigenvalue weighted by Crippen LogP contribution is 2.41. The Morgan fingerprint density at radius 1 is 1.02 bits per heavy atom. The van der Waals surface area contributed by atoms with Gasteiger partial charge in [0.2, 0.25) is 0 Å². The molecule has 3 heterocycles. The van der Waals surface area contributed by atoms with Crippen LogP contribution in [-0.4, -0.2) is 132 Å². The zero-order valence-electron chi connectivity index (χ0n) is 32.2. The van der Waals surface area contributed by atoms with E-state index in [4.69, 9.17) is 33.3 Å². The SMILES string of the molecule is CC[C@H]1OC(=O)[C@H](C)[C@H]2OCC(=O)CO[C@](C)(C[C@@H](C)/C(=N\OC(C)=O)[C@H](C)[C@@H](O)[C@]1(C)O)[C@H](O[C@@H]1O[C@H](C)C[C@H](N(C)C)[C@H]1OC(C)=O)[C@H]2C. The van der Waals surface area contributed by atoms with Crippen molar-refractivity contribution in [1.29, 1.82) is 0 Å². The largest absolute Gasteiger partial charge is 0.459 e. The number of hydrogen-bond donors (Lipinski definition) is 2. The number of fused-ring (bicyclic) bond motifs is 3. The summed E-state index contributed by atoms with van der Waals surface area (Å²) in [4.78, 5) is 58.5. The average Bonchev–Trinajstić information content (AvgIpc) is 3.07. The number of carbonyl (C=O) groups is 4. The van der Waals surface area contributed by atoms with Gasteiger partial charge < -0.3 is 48.4 Å². The number of Topliss-reactive ketones (excluding diaryl/α,β-unsaturated/α-hetero) is 1. The van der Waals surface area contributed by atoms with E-state index in [1.165, 1.54) is 20.8 Å². The second-order valence-electron chi connectivity index (χ2n) is 15.3. The van der Waals surface area contributed by atoms with Crippen LogP contribution in [0.1, 0.15) is 88.5 Å². The van der Waals surface area contributed by atoms with Gasteiger partial charge in [0.25, 0.3) is 0 Å². The molecule has 0 spiro atoms. The maximum absolute atomic E-state index is 13.9. The molecule has 3 saturated heterocycles. The molecule has 15 heteroatoms. The highest BCUT2D eigenvalue weighted by molar-refractivity contribution is 5.89. The Kier molecular flexibility index (Phi) is 14.7. The number of aliphatic hydroxyl groups is 2. The molecule has 3 rings (SSSR count). The molecule has 0 aliphatic carbocycles. The minimum absolute atomic E-state index is 0.0922. The number of carbonyl (C=O) groups excluding carboxylic acids is 4. The van der Waals surface area contributed by atoms with Crippen molar-refractivity contribution in [3.63, 3.8) is 0 Å². The van der Waals surface area contributed by atoms with Crippen LogP contribution in [0.3, 0.4) is 0 Å². The van der Waals surface area contributed by atoms with Gasteiger partial charge in [-0.1, -0.05) is 32.9 Å². The Morgan fingerprint density at radius 2 is 1.67 bits per heavy atom. The minimum atomic E-state index is -1.95. The summed E-state index contributed by atoms with van der Waals surface area (Å²) in [5, 5.41) is 27.5. The van der Waals surface area contributed by atoms with Crippen LogP contribution in [0.25, 0.3) is 0 Å². The van der Waals surface area contributed by atoms with Crippen LogP contribution in [0.4, 0.5) is 0 Å². The van der Waals surface area contributed by atoms with Crippen LogP contribution in [0, 0.1) is 23.7 Å². The molecule has 292 valence electrons. The van der Waals surface area contributed by atoms with Crippen LogP contribution >= 0.6 is 0 Å². The van der Waals surface area contributed by atoms with Crippen LogP contribution in [0.5, 0.6) is 0 Å². The van der Waals surface area contributed by atoms with Gasteiger partial charge in [-0.2, -0.15) is 0 Å². The van der Waals surface area contributed by atoms with Crippen LogP contribution in [0.2, 0.25) is 0 Å². The maximum Gasteiger partial charge on any atom is 0.331 e. The molecule has 0 aromatic heterocycles. The number of nitrogens with zero attached hydrogens (tertiary/aromatic N) is 2. The van der Waals surface area contributed by atoms with Gasteiger partial charge in [0.05, 0.1) is 47.7 Å². The first-order valence-corrected chi connectivity index (χ1v) is 17.9. The second-order valence-corrected chi connectivity index (χ2v) is 15.3. The molecule has 3 aliphatic heterocycles. The van der Waals surface area contributed by atoms with E-state index in [0.29, 0.717) is 6.42 Å². The highest BCUT2D eigenvalue weighted by atomic mass is 16.7. The number of ketones is 1. The molecule has 3 fully saturated rings. The summed E-state index contributed by atoms with van der Waals surface area (Å²) in [5.41, 5.74) is -3.10. The molecular weight excluding hydrogens is 668 g/mol. The summed E-state index contributed by atoms with van der Waals surface area (Å²) in [6, 6.07) is -0.274. The molecule has 2 bridgehead atoms. The number of oxime groups is 1. The zero-order valence-corrected chi connectivity index (χ0v) is 32.2. The summed E-state index contributed by atoms with van der Waals surface area (Å²) >= 11 is 0. The van der Waals surface area contributed by atoms with Crippen molar-refractivity contribution in [2.45, 2.75) is 149 Å². The fourth-order valence-electron chi connectivity index (χ4n) is 7.89. The molecule has 51 heavy (non-hydrogen) atoms. The lowest BCUT2D eigenvalue weighted by molar-refractivity contribution is -0.304. The quantitative estimate of drug-likeness (QED) is 0.230. The summed E-state index contributed by atoms with van der Waals surface area (Å²) in [7, 11) is 3.75. The lowest BCUT2D eigenvalue weighted by Crippen LogP contribution is -2.61. The fraction of sp³-hybridized carbons (Fsp3) is 0.861. The third-order valence-corrected chi connectivity index (χ3v) is 10.6. The second kappa shape index (κ2) is 17.5. The van der Waals surface area contributed by atoms with Gasteiger partial charge in [-0.25, -0.2) is 4.79 Å². The Morgan fingerprint density at radius 3 is 2.24 bits per heavy atom. The number of ether oxygens (including phenoxy) is 6. The molecular formula is C36H60N2O13. The topological polar surface area (TPSA) is 189 Å². The smallest absolute Gasteiger partial charge is 0.331 e. The Bertz CT molecular complexity index is 1270. The lowest BCUT2D eigenvalue weighted by atomic mass is 9.73. The normalized spacial score (nSPS) is 42.7. The molecule has 0 amide bonds. The molecule has 3 aliphatic rings. The maximum atomic E-state index is 13.9. The van der Waals surface area contributed by atoms with E-state index >= 15 is 0 Å². The third kappa shape index (κ3) is 10.1. The molecule has 2 N–H and O–H groups in total. The van der Waals surface area contributed by atoms with Crippen molar-refractivity contribution in [2.24, 2.45) is 28.8 Å². The lowest BCUT2D eigenvalue weighted by Gasteiger charge is -2.49. The first-order chi connectivity index (χ1) is 23.6. The van der Waals surface area contributed by atoms with Crippen LogP contribution < -0.4 is 0 Å². The van der Waals surface area contributed by atoms with Crippen molar-refractivity contribution in [1.82, 2.24) is 4.90 Å². The van der Waals surface area contributed by atoms with Gasteiger partial charge in [0.1, 0.15) is 24.9 Å². The summed E-state index contributed by atoms with van der Waals surface area (Å²) in [6.07, 6.45) is -6.08. The van der Waals surface area contributed by atoms with E-state index in [2.05, 4.69) is 5.16 Å². The van der Waals surface area contributed by atoms with E-state index in [1.54, 1.807) is 34.6 Å². The first-order valence-electron chi connectivity index (χ1n) is 17.9.